The molecule has 0 aliphatic carbocycles. The van der Waals surface area contributed by atoms with Crippen LogP contribution in [0.1, 0.15) is 37.9 Å². The highest BCUT2D eigenvalue weighted by Gasteiger charge is 2.72. The Bertz CT molecular complexity index is 1840. The van der Waals surface area contributed by atoms with Gasteiger partial charge >= 0.3 is 5.97 Å². The van der Waals surface area contributed by atoms with Crippen molar-refractivity contribution < 1.29 is 38.5 Å². The first-order chi connectivity index (χ1) is 24.8. The van der Waals surface area contributed by atoms with Gasteiger partial charge in [-0.25, -0.2) is 4.68 Å². The molecule has 1 aromatic heterocycles. The maximum Gasteiger partial charge on any atom is 0.313 e. The molecule has 1 spiro atoms. The number of carbonyl (C=O) groups excluding carboxylic acids is 4. The summed E-state index contributed by atoms with van der Waals surface area (Å²) in [5.41, 5.74) is 0.489. The number of allylic oxidation sites excluding steroid dienone is 1. The number of likely N-dealkylation sites (tertiary alicyclic amines) is 1. The molecular weight excluding hydrogens is 656 g/mol. The molecule has 0 radical (unpaired) electrons. The molecule has 51 heavy (non-hydrogen) atoms. The quantitative estimate of drug-likeness (QED) is 0.262. The Hall–Kier alpha value is -4.92. The number of hydrogen-bond acceptors (Lipinski definition) is 10. The van der Waals surface area contributed by atoms with E-state index in [1.54, 1.807) is 46.0 Å². The van der Waals surface area contributed by atoms with Crippen molar-refractivity contribution in [1.82, 2.24) is 30.1 Å². The van der Waals surface area contributed by atoms with Crippen LogP contribution in [0.25, 0.3) is 11.0 Å². The number of esters is 1. The third-order valence-corrected chi connectivity index (χ3v) is 10.4. The summed E-state index contributed by atoms with van der Waals surface area (Å²) in [6.45, 7) is 1.73. The Kier molecular flexibility index (Phi) is 9.73. The van der Waals surface area contributed by atoms with E-state index in [1.807, 2.05) is 49.4 Å². The number of nitrogens with one attached hydrogen (secondary N) is 1. The van der Waals surface area contributed by atoms with Crippen LogP contribution in [0.2, 0.25) is 0 Å². The van der Waals surface area contributed by atoms with Gasteiger partial charge in [0.05, 0.1) is 42.8 Å². The Labute approximate surface area is 295 Å². The summed E-state index contributed by atoms with van der Waals surface area (Å²) >= 11 is 0. The van der Waals surface area contributed by atoms with Crippen LogP contribution < -0.4 is 5.32 Å². The Morgan fingerprint density at radius 2 is 1.84 bits per heavy atom. The number of aliphatic hydroxyl groups is 1. The number of aromatic nitrogens is 3. The lowest BCUT2D eigenvalue weighted by atomic mass is 9.77. The number of amides is 3. The Balaban J connectivity index is 1.30. The highest BCUT2D eigenvalue weighted by molar-refractivity contribution is 5.99. The number of carbonyl (C=O) groups is 4. The first-order valence-electron chi connectivity index (χ1n) is 17.4. The lowest BCUT2D eigenvalue weighted by Gasteiger charge is -2.38. The third kappa shape index (κ3) is 6.10. The predicted octanol–water partition coefficient (Wildman–Crippen LogP) is 1.90. The molecule has 2 saturated heterocycles. The number of cyclic esters (lactones) is 1. The van der Waals surface area contributed by atoms with Crippen LogP contribution in [0.3, 0.4) is 0 Å². The molecule has 3 amide bonds. The van der Waals surface area contributed by atoms with E-state index < -0.39 is 65.6 Å². The van der Waals surface area contributed by atoms with Gasteiger partial charge in [-0.3, -0.25) is 19.2 Å². The minimum Gasteiger partial charge on any atom is -0.455 e. The van der Waals surface area contributed by atoms with E-state index in [-0.39, 0.29) is 38.8 Å². The van der Waals surface area contributed by atoms with Crippen LogP contribution in [0, 0.1) is 11.8 Å². The van der Waals surface area contributed by atoms with Gasteiger partial charge in [0.15, 0.2) is 0 Å². The second-order valence-electron chi connectivity index (χ2n) is 13.4. The summed E-state index contributed by atoms with van der Waals surface area (Å²) in [6.07, 6.45) is 5.94. The number of aliphatic hydroxyl groups excluding tert-OH is 1. The van der Waals surface area contributed by atoms with Crippen LogP contribution >= 0.6 is 0 Å². The van der Waals surface area contributed by atoms with Gasteiger partial charge in [0.2, 0.25) is 11.8 Å². The summed E-state index contributed by atoms with van der Waals surface area (Å²) in [6, 6.07) is 13.8. The van der Waals surface area contributed by atoms with Crippen molar-refractivity contribution in [1.29, 1.82) is 0 Å². The summed E-state index contributed by atoms with van der Waals surface area (Å²) in [7, 11) is 1.50. The molecule has 5 heterocycles. The molecule has 2 aromatic carbocycles. The van der Waals surface area contributed by atoms with Gasteiger partial charge in [-0.2, -0.15) is 0 Å². The van der Waals surface area contributed by atoms with Crippen LogP contribution in [0.4, 0.5) is 0 Å². The molecule has 0 bridgehead atoms. The van der Waals surface area contributed by atoms with E-state index in [4.69, 9.17) is 14.2 Å². The van der Waals surface area contributed by atoms with Crippen LogP contribution in [-0.2, 0) is 40.1 Å². The van der Waals surface area contributed by atoms with Crippen molar-refractivity contribution in [3.63, 3.8) is 0 Å². The third-order valence-electron chi connectivity index (χ3n) is 10.4. The summed E-state index contributed by atoms with van der Waals surface area (Å²) in [5, 5.41) is 22.0. The normalized spacial score (nSPS) is 30.8. The highest BCUT2D eigenvalue weighted by Crippen LogP contribution is 2.54. The lowest BCUT2D eigenvalue weighted by Crippen LogP contribution is -2.58. The van der Waals surface area contributed by atoms with Crippen molar-refractivity contribution in [2.75, 3.05) is 26.9 Å². The van der Waals surface area contributed by atoms with Crippen molar-refractivity contribution in [2.24, 2.45) is 11.8 Å². The standard InChI is InChI=1S/C37H42N6O8/c1-3-24(20-44)43-33-35(47)41(22-42-27-15-8-7-14-25(27)39-40-42)19-11-18-37(33)31(34(43)46)30-28(51-37)16-9-10-17-29(45)38-26(21-49-2)32(50-36(30)48)23-12-5-4-6-13-23/h4-9,11-16,18,24,26,28,30-33,44H,3,10,17,19-22H2,1-2H3,(H,38,45)/b16-9-/t24-,26+,28+,30-,31-,32+,33+,37-/m0/s1. The molecule has 14 heteroatoms. The maximum absolute atomic E-state index is 14.8. The van der Waals surface area contributed by atoms with Gasteiger partial charge in [0, 0.05) is 20.1 Å². The number of benzene rings is 2. The first-order valence-corrected chi connectivity index (χ1v) is 17.4. The fourth-order valence-corrected chi connectivity index (χ4v) is 7.99. The monoisotopic (exact) mass is 698 g/mol. The molecule has 2 N–H and O–H groups in total. The average Bonchev–Trinajstić information content (AvgIpc) is 3.73. The maximum atomic E-state index is 14.8. The van der Waals surface area contributed by atoms with Gasteiger partial charge in [-0.05, 0) is 30.5 Å². The largest absolute Gasteiger partial charge is 0.455 e. The topological polar surface area (TPSA) is 165 Å². The van der Waals surface area contributed by atoms with E-state index in [1.165, 1.54) is 12.0 Å². The van der Waals surface area contributed by atoms with Crippen molar-refractivity contribution >= 4 is 34.7 Å². The zero-order chi connectivity index (χ0) is 35.7. The molecular formula is C37H42N6O8. The first kappa shape index (κ1) is 34.5. The number of methoxy groups -OCH3 is 1. The number of rotatable bonds is 8. The van der Waals surface area contributed by atoms with E-state index in [0.717, 1.165) is 5.52 Å². The van der Waals surface area contributed by atoms with Crippen LogP contribution in [-0.4, -0.2) is 110 Å². The van der Waals surface area contributed by atoms with E-state index >= 15 is 0 Å². The SMILES string of the molecule is CC[C@@H](CO)N1C(=O)[C@@H]2[C@H]3C(=O)O[C@H](c4ccccc4)[C@@H](COC)NC(=O)CC/C=C\[C@H]3O[C@@]23C=CCN(Cn2nnc4ccccc42)C(=O)[C@@H]13. The number of hydrogen-bond donors (Lipinski definition) is 2. The van der Waals surface area contributed by atoms with Crippen molar-refractivity contribution in [3.8, 4) is 0 Å². The average molecular weight is 699 g/mol. The summed E-state index contributed by atoms with van der Waals surface area (Å²) in [5.74, 6) is -4.13. The second kappa shape index (κ2) is 14.4. The van der Waals surface area contributed by atoms with E-state index in [0.29, 0.717) is 23.9 Å². The van der Waals surface area contributed by atoms with Gasteiger partial charge in [-0.15, -0.1) is 5.10 Å². The molecule has 8 atom stereocenters. The lowest BCUT2D eigenvalue weighted by molar-refractivity contribution is -0.163. The highest BCUT2D eigenvalue weighted by atomic mass is 16.6. The molecule has 14 nitrogen and oxygen atoms in total. The van der Waals surface area contributed by atoms with Crippen LogP contribution in [0.5, 0.6) is 0 Å². The molecule has 3 aromatic rings. The smallest absolute Gasteiger partial charge is 0.313 e. The van der Waals surface area contributed by atoms with Gasteiger partial charge < -0.3 is 34.4 Å². The fraction of sp³-hybridized carbons (Fsp3) is 0.459. The minimum absolute atomic E-state index is 0.0500. The molecule has 4 aliphatic heterocycles. The minimum atomic E-state index is -1.56. The summed E-state index contributed by atoms with van der Waals surface area (Å²) < 4.78 is 20.2. The predicted molar refractivity (Wildman–Crippen MR) is 182 cm³/mol. The fourth-order valence-electron chi connectivity index (χ4n) is 7.99. The molecule has 4 aliphatic rings. The summed E-state index contributed by atoms with van der Waals surface area (Å²) in [4.78, 5) is 60.2. The second-order valence-corrected chi connectivity index (χ2v) is 13.4. The van der Waals surface area contributed by atoms with Crippen molar-refractivity contribution in [2.45, 2.75) is 68.8 Å². The molecule has 0 unspecified atom stereocenters. The van der Waals surface area contributed by atoms with E-state index in [9.17, 15) is 24.3 Å². The van der Waals surface area contributed by atoms with Gasteiger partial charge in [0.25, 0.3) is 5.91 Å². The molecule has 7 rings (SSSR count). The van der Waals surface area contributed by atoms with Crippen molar-refractivity contribution in [3.05, 3.63) is 84.5 Å². The molecule has 268 valence electrons. The van der Waals surface area contributed by atoms with E-state index in [2.05, 4.69) is 15.6 Å². The molecule has 0 saturated carbocycles. The molecule has 2 fully saturated rings. The zero-order valence-corrected chi connectivity index (χ0v) is 28.5. The number of nitrogens with zero attached hydrogens (tertiary/aromatic N) is 5. The number of ether oxygens (including phenoxy) is 3. The van der Waals surface area contributed by atoms with Gasteiger partial charge in [0.1, 0.15) is 35.9 Å². The number of fused-ring (bicyclic) bond motifs is 3. The van der Waals surface area contributed by atoms with Crippen LogP contribution in [0.15, 0.2) is 78.9 Å². The number of para-hydroxylation sites is 1. The Morgan fingerprint density at radius 3 is 2.61 bits per heavy atom. The Morgan fingerprint density at radius 1 is 1.06 bits per heavy atom. The zero-order valence-electron chi connectivity index (χ0n) is 28.5. The van der Waals surface area contributed by atoms with Gasteiger partial charge in [-0.1, -0.05) is 78.9 Å².